The van der Waals surface area contributed by atoms with Crippen molar-refractivity contribution in [2.45, 2.75) is 12.8 Å². The van der Waals surface area contributed by atoms with Gasteiger partial charge in [-0.1, -0.05) is 11.2 Å². The van der Waals surface area contributed by atoms with Gasteiger partial charge in [0.15, 0.2) is 0 Å². The number of urea groups is 1. The molecule has 9 nitrogen and oxygen atoms in total. The third-order valence-corrected chi connectivity index (χ3v) is 2.61. The van der Waals surface area contributed by atoms with E-state index >= 15 is 0 Å². The molecule has 0 saturated carbocycles. The molecule has 0 unspecified atom stereocenters. The van der Waals surface area contributed by atoms with Crippen molar-refractivity contribution in [1.29, 1.82) is 0 Å². The van der Waals surface area contributed by atoms with E-state index in [2.05, 4.69) is 25.8 Å². The quantitative estimate of drug-likeness (QED) is 0.676. The van der Waals surface area contributed by atoms with Gasteiger partial charge in [-0.05, 0) is 12.1 Å². The van der Waals surface area contributed by atoms with Gasteiger partial charge in [0.1, 0.15) is 5.69 Å². The van der Waals surface area contributed by atoms with E-state index in [1.165, 1.54) is 0 Å². The molecular weight excluding hydrogens is 290 g/mol. The average Bonchev–Trinajstić information content (AvgIpc) is 2.97. The van der Waals surface area contributed by atoms with Crippen molar-refractivity contribution < 1.29 is 19.2 Å². The van der Waals surface area contributed by atoms with E-state index in [0.29, 0.717) is 30.4 Å². The van der Waals surface area contributed by atoms with Gasteiger partial charge in [0.25, 0.3) is 0 Å². The Morgan fingerprint density at radius 3 is 2.77 bits per heavy atom. The molecule has 0 spiro atoms. The predicted molar refractivity (Wildman–Crippen MR) is 74.9 cm³/mol. The van der Waals surface area contributed by atoms with Crippen molar-refractivity contribution in [2.24, 2.45) is 0 Å². The van der Waals surface area contributed by atoms with Crippen LogP contribution in [0.25, 0.3) is 11.5 Å². The molecule has 0 aliphatic heterocycles. The fraction of sp³-hybridized carbons (Fsp3) is 0.308. The second kappa shape index (κ2) is 7.72. The molecule has 9 heteroatoms. The van der Waals surface area contributed by atoms with Crippen LogP contribution in [0.4, 0.5) is 4.79 Å². The van der Waals surface area contributed by atoms with E-state index in [9.17, 15) is 9.59 Å². The van der Waals surface area contributed by atoms with Crippen LogP contribution in [0, 0.1) is 0 Å². The third-order valence-electron chi connectivity index (χ3n) is 2.61. The van der Waals surface area contributed by atoms with Gasteiger partial charge in [0.05, 0.1) is 6.42 Å². The maximum absolute atomic E-state index is 11.3. The number of amides is 2. The van der Waals surface area contributed by atoms with Crippen LogP contribution >= 0.6 is 0 Å². The van der Waals surface area contributed by atoms with Crippen LogP contribution in [0.3, 0.4) is 0 Å². The summed E-state index contributed by atoms with van der Waals surface area (Å²) in [7, 11) is 0. The summed E-state index contributed by atoms with van der Waals surface area (Å²) in [6.07, 6.45) is 1.88. The molecule has 2 aromatic heterocycles. The highest BCUT2D eigenvalue weighted by Crippen LogP contribution is 2.11. The van der Waals surface area contributed by atoms with Crippen LogP contribution in [0.15, 0.2) is 28.9 Å². The highest BCUT2D eigenvalue weighted by molar-refractivity contribution is 5.74. The first-order valence-electron chi connectivity index (χ1n) is 6.62. The van der Waals surface area contributed by atoms with Gasteiger partial charge in [0, 0.05) is 25.7 Å². The predicted octanol–water partition coefficient (Wildman–Crippen LogP) is 0.448. The molecule has 0 radical (unpaired) electrons. The first-order valence-corrected chi connectivity index (χ1v) is 6.62. The van der Waals surface area contributed by atoms with Gasteiger partial charge in [-0.15, -0.1) is 0 Å². The Hall–Kier alpha value is -2.97. The number of aliphatic carboxylic acids is 1. The van der Waals surface area contributed by atoms with Gasteiger partial charge < -0.3 is 20.3 Å². The molecule has 0 aromatic carbocycles. The molecule has 0 aliphatic rings. The standard InChI is InChI=1S/C13H15N5O4/c19-11(20)5-8-16-13(21)15-7-4-10-17-12(18-22-10)9-3-1-2-6-14-9/h1-3,6H,4-5,7-8H2,(H,19,20)(H2,15,16,21). The van der Waals surface area contributed by atoms with Gasteiger partial charge in [-0.2, -0.15) is 4.98 Å². The average molecular weight is 305 g/mol. The molecule has 2 amide bonds. The number of pyridine rings is 1. The van der Waals surface area contributed by atoms with Crippen molar-refractivity contribution in [2.75, 3.05) is 13.1 Å². The van der Waals surface area contributed by atoms with Crippen molar-refractivity contribution in [3.05, 3.63) is 30.3 Å². The highest BCUT2D eigenvalue weighted by atomic mass is 16.5. The summed E-state index contributed by atoms with van der Waals surface area (Å²) in [4.78, 5) is 29.9. The van der Waals surface area contributed by atoms with Crippen molar-refractivity contribution in [3.63, 3.8) is 0 Å². The number of carbonyl (C=O) groups is 2. The van der Waals surface area contributed by atoms with Gasteiger partial charge in [0.2, 0.25) is 11.7 Å². The zero-order chi connectivity index (χ0) is 15.8. The molecule has 2 aromatic rings. The van der Waals surface area contributed by atoms with Gasteiger partial charge in [-0.3, -0.25) is 9.78 Å². The molecule has 0 fully saturated rings. The smallest absolute Gasteiger partial charge is 0.314 e. The van der Waals surface area contributed by atoms with Crippen LogP contribution in [-0.4, -0.2) is 45.3 Å². The molecule has 116 valence electrons. The maximum atomic E-state index is 11.3. The number of nitrogens with zero attached hydrogens (tertiary/aromatic N) is 3. The Balaban J connectivity index is 1.73. The molecule has 0 saturated heterocycles. The van der Waals surface area contributed by atoms with E-state index in [1.807, 2.05) is 6.07 Å². The zero-order valence-electron chi connectivity index (χ0n) is 11.7. The number of carboxylic acid groups (broad SMARTS) is 1. The number of hydrogen-bond donors (Lipinski definition) is 3. The van der Waals surface area contributed by atoms with Crippen LogP contribution in [0.5, 0.6) is 0 Å². The number of nitrogens with one attached hydrogen (secondary N) is 2. The van der Waals surface area contributed by atoms with E-state index < -0.39 is 12.0 Å². The number of hydrogen-bond acceptors (Lipinski definition) is 6. The normalized spacial score (nSPS) is 10.2. The summed E-state index contributed by atoms with van der Waals surface area (Å²) < 4.78 is 5.06. The van der Waals surface area contributed by atoms with Gasteiger partial charge in [-0.25, -0.2) is 4.79 Å². The van der Waals surface area contributed by atoms with Crippen molar-refractivity contribution in [3.8, 4) is 11.5 Å². The maximum Gasteiger partial charge on any atom is 0.314 e. The molecule has 2 heterocycles. The van der Waals surface area contributed by atoms with E-state index in [4.69, 9.17) is 9.63 Å². The van der Waals surface area contributed by atoms with Gasteiger partial charge >= 0.3 is 12.0 Å². The minimum atomic E-state index is -0.965. The minimum Gasteiger partial charge on any atom is -0.481 e. The third kappa shape index (κ3) is 4.85. The molecular formula is C13H15N5O4. The molecule has 0 aliphatic carbocycles. The van der Waals surface area contributed by atoms with Crippen LogP contribution in [0.1, 0.15) is 12.3 Å². The highest BCUT2D eigenvalue weighted by Gasteiger charge is 2.09. The van der Waals surface area contributed by atoms with Crippen LogP contribution in [-0.2, 0) is 11.2 Å². The number of aromatic nitrogens is 3. The SMILES string of the molecule is O=C(O)CCNC(=O)NCCc1nc(-c2ccccn2)no1. The van der Waals surface area contributed by atoms with Crippen LogP contribution in [0.2, 0.25) is 0 Å². The Labute approximate surface area is 125 Å². The number of carbonyl (C=O) groups excluding carboxylic acids is 1. The van der Waals surface area contributed by atoms with E-state index in [-0.39, 0.29) is 13.0 Å². The van der Waals surface area contributed by atoms with Crippen molar-refractivity contribution in [1.82, 2.24) is 25.8 Å². The first-order chi connectivity index (χ1) is 10.6. The zero-order valence-corrected chi connectivity index (χ0v) is 11.7. The Morgan fingerprint density at radius 1 is 1.23 bits per heavy atom. The number of carboxylic acids is 1. The lowest BCUT2D eigenvalue weighted by molar-refractivity contribution is -0.136. The fourth-order valence-corrected chi connectivity index (χ4v) is 1.58. The summed E-state index contributed by atoms with van der Waals surface area (Å²) in [5.74, 6) is -0.193. The lowest BCUT2D eigenvalue weighted by Crippen LogP contribution is -2.37. The Bertz CT molecular complexity index is 628. The van der Waals surface area contributed by atoms with E-state index in [1.54, 1.807) is 18.3 Å². The topological polar surface area (TPSA) is 130 Å². The van der Waals surface area contributed by atoms with Crippen molar-refractivity contribution >= 4 is 12.0 Å². The molecule has 3 N–H and O–H groups in total. The summed E-state index contributed by atoms with van der Waals surface area (Å²) in [6, 6.07) is 4.94. The molecule has 0 bridgehead atoms. The fourth-order valence-electron chi connectivity index (χ4n) is 1.58. The van der Waals surface area contributed by atoms with E-state index in [0.717, 1.165) is 0 Å². The molecule has 0 atom stereocenters. The lowest BCUT2D eigenvalue weighted by Gasteiger charge is -2.04. The lowest BCUT2D eigenvalue weighted by atomic mass is 10.3. The summed E-state index contributed by atoms with van der Waals surface area (Å²) >= 11 is 0. The number of rotatable bonds is 7. The molecule has 2 rings (SSSR count). The monoisotopic (exact) mass is 305 g/mol. The van der Waals surface area contributed by atoms with Crippen LogP contribution < -0.4 is 10.6 Å². The summed E-state index contributed by atoms with van der Waals surface area (Å²) in [6.45, 7) is 0.369. The Kier molecular flexibility index (Phi) is 5.41. The first kappa shape index (κ1) is 15.4. The second-order valence-electron chi connectivity index (χ2n) is 4.30. The molecule has 22 heavy (non-hydrogen) atoms. The second-order valence-corrected chi connectivity index (χ2v) is 4.30. The summed E-state index contributed by atoms with van der Waals surface area (Å²) in [5, 5.41) is 17.2. The minimum absolute atomic E-state index is 0.0749. The Morgan fingerprint density at radius 2 is 2.05 bits per heavy atom. The summed E-state index contributed by atoms with van der Waals surface area (Å²) in [5.41, 5.74) is 0.608. The largest absolute Gasteiger partial charge is 0.481 e.